The Morgan fingerprint density at radius 2 is 1.64 bits per heavy atom. The minimum Gasteiger partial charge on any atom is -0.330 e. The van der Waals surface area contributed by atoms with Crippen LogP contribution in [0.25, 0.3) is 11.4 Å². The second kappa shape index (κ2) is 16.4. The Balaban J connectivity index is 0.00000148. The van der Waals surface area contributed by atoms with Crippen LogP contribution in [0.4, 0.5) is 13.2 Å². The predicted octanol–water partition coefficient (Wildman–Crippen LogP) is 6.86. The van der Waals surface area contributed by atoms with Crippen LogP contribution in [0.3, 0.4) is 0 Å². The second-order valence-corrected chi connectivity index (χ2v) is 10.2. The molecule has 1 atom stereocenters. The Kier molecular flexibility index (Phi) is 13.3. The zero-order valence-corrected chi connectivity index (χ0v) is 25.2. The molecule has 2 heterocycles. The van der Waals surface area contributed by atoms with Crippen LogP contribution < -0.4 is 5.73 Å². The van der Waals surface area contributed by atoms with Gasteiger partial charge in [-0.3, -0.25) is 14.2 Å². The summed E-state index contributed by atoms with van der Waals surface area (Å²) in [4.78, 5) is 24.4. The maximum Gasteiger partial charge on any atom is 0.254 e. The summed E-state index contributed by atoms with van der Waals surface area (Å²) in [6.07, 6.45) is 3.72. The summed E-state index contributed by atoms with van der Waals surface area (Å²) in [5.74, 6) is -0.896. The minimum atomic E-state index is -0.630. The lowest BCUT2D eigenvalue weighted by Crippen LogP contribution is -2.43. The molecule has 10 heteroatoms. The molecule has 0 aliphatic carbocycles. The smallest absolute Gasteiger partial charge is 0.254 e. The number of nitrogens with two attached hydrogens (primary N) is 1. The molecule has 0 saturated heterocycles. The Bertz CT molecular complexity index is 1370. The van der Waals surface area contributed by atoms with E-state index in [1.54, 1.807) is 34.1 Å². The summed E-state index contributed by atoms with van der Waals surface area (Å²) in [5, 5.41) is 4.63. The Labute approximate surface area is 246 Å². The van der Waals surface area contributed by atoms with Gasteiger partial charge in [-0.2, -0.15) is 5.10 Å². The largest absolute Gasteiger partial charge is 0.330 e. The molecule has 2 aromatic carbocycles. The highest BCUT2D eigenvalue weighted by Crippen LogP contribution is 2.39. The zero-order chi connectivity index (χ0) is 31.3. The first-order chi connectivity index (χ1) is 20.2. The van der Waals surface area contributed by atoms with Crippen molar-refractivity contribution in [2.75, 3.05) is 20.3 Å². The molecular weight excluding hydrogens is 541 g/mol. The molecule has 7 nitrogen and oxygen atoms in total. The number of carbonyl (C=O) groups is 1. The van der Waals surface area contributed by atoms with Gasteiger partial charge in [-0.05, 0) is 54.3 Å². The van der Waals surface area contributed by atoms with Crippen LogP contribution in [0.2, 0.25) is 0 Å². The quantitative estimate of drug-likeness (QED) is 0.233. The van der Waals surface area contributed by atoms with Gasteiger partial charge in [0.05, 0.1) is 25.3 Å². The van der Waals surface area contributed by atoms with Gasteiger partial charge < -0.3 is 10.6 Å². The third kappa shape index (κ3) is 8.72. The van der Waals surface area contributed by atoms with Crippen molar-refractivity contribution in [1.29, 1.82) is 0 Å². The summed E-state index contributed by atoms with van der Waals surface area (Å²) in [6.45, 7) is 11.1. The fraction of sp³-hybridized carbons (Fsp3) is 0.375. The number of alkyl halides is 1. The maximum atomic E-state index is 14.8. The van der Waals surface area contributed by atoms with Crippen LogP contribution >= 0.6 is 0 Å². The SMILES string of the molecule is CC.CC(C)(C)[C@H](c1nc(-c2cc(F)ccc2F)nn1Cc1ccccc1)N(CCCN)C(=O)c1ccncc1.CF. The number of carbonyl (C=O) groups excluding carboxylic acids is 1. The molecule has 2 N–H and O–H groups in total. The third-order valence-corrected chi connectivity index (χ3v) is 6.21. The molecule has 1 amide bonds. The number of hydrogen-bond acceptors (Lipinski definition) is 5. The lowest BCUT2D eigenvalue weighted by molar-refractivity contribution is 0.0479. The van der Waals surface area contributed by atoms with Gasteiger partial charge >= 0.3 is 0 Å². The second-order valence-electron chi connectivity index (χ2n) is 10.2. The first-order valence-corrected chi connectivity index (χ1v) is 13.9. The van der Waals surface area contributed by atoms with E-state index in [2.05, 4.69) is 10.1 Å². The van der Waals surface area contributed by atoms with Gasteiger partial charge in [0.1, 0.15) is 11.6 Å². The summed E-state index contributed by atoms with van der Waals surface area (Å²) in [5.41, 5.74) is 6.74. The number of amides is 1. The van der Waals surface area contributed by atoms with E-state index >= 15 is 0 Å². The lowest BCUT2D eigenvalue weighted by atomic mass is 9.84. The predicted molar refractivity (Wildman–Crippen MR) is 160 cm³/mol. The fourth-order valence-corrected chi connectivity index (χ4v) is 4.48. The Hall–Kier alpha value is -4.05. The van der Waals surface area contributed by atoms with Gasteiger partial charge in [0.25, 0.3) is 5.91 Å². The van der Waals surface area contributed by atoms with Gasteiger partial charge in [0.2, 0.25) is 0 Å². The fourth-order valence-electron chi connectivity index (χ4n) is 4.48. The van der Waals surface area contributed by atoms with Crippen LogP contribution in [-0.2, 0) is 6.54 Å². The molecule has 0 radical (unpaired) electrons. The van der Waals surface area contributed by atoms with Crippen molar-refractivity contribution in [2.24, 2.45) is 11.1 Å². The van der Waals surface area contributed by atoms with E-state index in [4.69, 9.17) is 10.7 Å². The molecule has 0 bridgehead atoms. The van der Waals surface area contributed by atoms with E-state index in [9.17, 15) is 18.0 Å². The van der Waals surface area contributed by atoms with Crippen molar-refractivity contribution in [2.45, 2.75) is 53.6 Å². The highest BCUT2D eigenvalue weighted by molar-refractivity contribution is 5.94. The van der Waals surface area contributed by atoms with Crippen LogP contribution in [-0.4, -0.2) is 50.8 Å². The molecule has 42 heavy (non-hydrogen) atoms. The maximum absolute atomic E-state index is 14.8. The number of halogens is 3. The average molecular weight is 583 g/mol. The van der Waals surface area contributed by atoms with E-state index in [-0.39, 0.29) is 17.3 Å². The average Bonchev–Trinajstić information content (AvgIpc) is 3.40. The summed E-state index contributed by atoms with van der Waals surface area (Å²) in [6, 6.07) is 15.6. The summed E-state index contributed by atoms with van der Waals surface area (Å²) in [7, 11) is 0.500. The molecule has 0 aliphatic rings. The molecule has 4 aromatic rings. The molecule has 2 aromatic heterocycles. The van der Waals surface area contributed by atoms with E-state index in [1.807, 2.05) is 65.0 Å². The lowest BCUT2D eigenvalue weighted by Gasteiger charge is -2.39. The molecule has 4 rings (SSSR count). The van der Waals surface area contributed by atoms with E-state index < -0.39 is 23.1 Å². The van der Waals surface area contributed by atoms with Gasteiger partial charge in [-0.1, -0.05) is 65.0 Å². The van der Waals surface area contributed by atoms with Crippen LogP contribution in [0.1, 0.15) is 68.8 Å². The van der Waals surface area contributed by atoms with Crippen LogP contribution in [0, 0.1) is 17.0 Å². The van der Waals surface area contributed by atoms with Crippen molar-refractivity contribution < 1.29 is 18.0 Å². The standard InChI is InChI=1S/C29H32F2N6O.C2H6.CH3F/c1-29(2,3)25(36(17-7-14-32)28(38)21-12-15-33-16-13-21)27-34-26(23-18-22(30)10-11-24(23)31)35-37(27)19-20-8-5-4-6-9-20;2*1-2/h4-6,8-13,15-16,18,25H,7,14,17,19,32H2,1-3H3;1-2H3;1H3/t25-;;/m0../s1. The summed E-state index contributed by atoms with van der Waals surface area (Å²) >= 11 is 0. The van der Waals surface area contributed by atoms with Gasteiger partial charge in [0, 0.05) is 24.5 Å². The highest BCUT2D eigenvalue weighted by atomic mass is 19.1. The Morgan fingerprint density at radius 3 is 2.24 bits per heavy atom. The molecule has 0 aliphatic heterocycles. The Morgan fingerprint density at radius 1 is 1.00 bits per heavy atom. The number of benzene rings is 2. The number of pyridine rings is 1. The monoisotopic (exact) mass is 582 g/mol. The number of hydrogen-bond donors (Lipinski definition) is 1. The number of aromatic nitrogens is 4. The first-order valence-electron chi connectivity index (χ1n) is 13.9. The number of nitrogens with zero attached hydrogens (tertiary/aromatic N) is 5. The molecular formula is C32H41F3N6O. The van der Waals surface area contributed by atoms with Gasteiger partial charge in [-0.15, -0.1) is 0 Å². The van der Waals surface area contributed by atoms with Crippen molar-refractivity contribution in [3.63, 3.8) is 0 Å². The third-order valence-electron chi connectivity index (χ3n) is 6.21. The molecule has 0 saturated carbocycles. The van der Waals surface area contributed by atoms with E-state index in [1.165, 1.54) is 0 Å². The zero-order valence-electron chi connectivity index (χ0n) is 25.2. The molecule has 226 valence electrons. The van der Waals surface area contributed by atoms with Crippen LogP contribution in [0.15, 0.2) is 73.1 Å². The number of rotatable bonds is 9. The van der Waals surface area contributed by atoms with Crippen LogP contribution in [0.5, 0.6) is 0 Å². The molecule has 0 fully saturated rings. The van der Waals surface area contributed by atoms with Crippen molar-refractivity contribution >= 4 is 5.91 Å². The van der Waals surface area contributed by atoms with Crippen molar-refractivity contribution in [1.82, 2.24) is 24.6 Å². The minimum absolute atomic E-state index is 0.0420. The van der Waals surface area contributed by atoms with Crippen molar-refractivity contribution in [3.8, 4) is 11.4 Å². The van der Waals surface area contributed by atoms with Gasteiger partial charge in [-0.25, -0.2) is 18.4 Å². The first kappa shape index (κ1) is 34.2. The van der Waals surface area contributed by atoms with Crippen molar-refractivity contribution in [3.05, 3.63) is 102 Å². The molecule has 0 unspecified atom stereocenters. The molecule has 0 spiro atoms. The topological polar surface area (TPSA) is 89.9 Å². The van der Waals surface area contributed by atoms with E-state index in [0.717, 1.165) is 23.8 Å². The normalized spacial score (nSPS) is 11.5. The highest BCUT2D eigenvalue weighted by Gasteiger charge is 2.39. The van der Waals surface area contributed by atoms with E-state index in [0.29, 0.717) is 44.6 Å². The summed E-state index contributed by atoms with van der Waals surface area (Å²) < 4.78 is 40.1. The van der Waals surface area contributed by atoms with Gasteiger partial charge in [0.15, 0.2) is 11.6 Å².